The van der Waals surface area contributed by atoms with Crippen LogP contribution in [0.4, 0.5) is 22.7 Å². The Morgan fingerprint density at radius 1 is 0.970 bits per heavy atom. The Morgan fingerprint density at radius 3 is 2.48 bits per heavy atom. The molecule has 0 amide bonds. The molecule has 0 aromatic heterocycles. The van der Waals surface area contributed by atoms with Gasteiger partial charge in [0.05, 0.1) is 30.2 Å². The minimum atomic E-state index is -0.989. The fourth-order valence-corrected chi connectivity index (χ4v) is 3.93. The fraction of sp³-hybridized carbons (Fsp3) is 0.269. The molecule has 1 saturated heterocycles. The van der Waals surface area contributed by atoms with Crippen molar-refractivity contribution in [3.05, 3.63) is 83.9 Å². The SMILES string of the molecule is Nc1cc(C(=O)O)ccc1Nc1cccc(N2CCN(CCOCc3ccccc3)CC2)c1. The molecule has 3 aromatic rings. The second kappa shape index (κ2) is 10.8. The maximum atomic E-state index is 11.1. The smallest absolute Gasteiger partial charge is 0.335 e. The second-order valence-electron chi connectivity index (χ2n) is 8.15. The van der Waals surface area contributed by atoms with Crippen molar-refractivity contribution in [1.82, 2.24) is 4.90 Å². The van der Waals surface area contributed by atoms with E-state index in [1.165, 1.54) is 11.6 Å². The number of carboxylic acid groups (broad SMARTS) is 1. The zero-order valence-electron chi connectivity index (χ0n) is 18.6. The van der Waals surface area contributed by atoms with Gasteiger partial charge in [0, 0.05) is 44.1 Å². The third-order valence-corrected chi connectivity index (χ3v) is 5.82. The van der Waals surface area contributed by atoms with Gasteiger partial charge in [-0.15, -0.1) is 0 Å². The molecule has 4 rings (SSSR count). The lowest BCUT2D eigenvalue weighted by Crippen LogP contribution is -2.47. The molecule has 1 heterocycles. The van der Waals surface area contributed by atoms with Crippen molar-refractivity contribution in [2.45, 2.75) is 6.61 Å². The lowest BCUT2D eigenvalue weighted by molar-refractivity contribution is 0.0697. The summed E-state index contributed by atoms with van der Waals surface area (Å²) in [5.41, 5.74) is 10.6. The number of aromatic carboxylic acids is 1. The minimum Gasteiger partial charge on any atom is -0.478 e. The Balaban J connectivity index is 1.26. The average molecular weight is 447 g/mol. The highest BCUT2D eigenvalue weighted by molar-refractivity contribution is 5.91. The first-order valence-electron chi connectivity index (χ1n) is 11.2. The molecule has 1 aliphatic heterocycles. The molecule has 7 nitrogen and oxygen atoms in total. The van der Waals surface area contributed by atoms with Gasteiger partial charge in [-0.2, -0.15) is 0 Å². The molecule has 0 atom stereocenters. The van der Waals surface area contributed by atoms with E-state index in [-0.39, 0.29) is 5.56 Å². The molecule has 172 valence electrons. The highest BCUT2D eigenvalue weighted by Gasteiger charge is 2.17. The van der Waals surface area contributed by atoms with Gasteiger partial charge in [0.15, 0.2) is 0 Å². The summed E-state index contributed by atoms with van der Waals surface area (Å²) in [5.74, 6) is -0.989. The zero-order valence-corrected chi connectivity index (χ0v) is 18.6. The number of carbonyl (C=O) groups is 1. The molecule has 0 aliphatic carbocycles. The average Bonchev–Trinajstić information content (AvgIpc) is 2.84. The van der Waals surface area contributed by atoms with E-state index in [0.29, 0.717) is 18.0 Å². The summed E-state index contributed by atoms with van der Waals surface area (Å²) in [4.78, 5) is 15.9. The number of nitrogen functional groups attached to an aromatic ring is 1. The molecule has 0 bridgehead atoms. The van der Waals surface area contributed by atoms with Crippen LogP contribution in [-0.2, 0) is 11.3 Å². The lowest BCUT2D eigenvalue weighted by atomic mass is 10.1. The van der Waals surface area contributed by atoms with Crippen molar-refractivity contribution in [3.63, 3.8) is 0 Å². The summed E-state index contributed by atoms with van der Waals surface area (Å²) < 4.78 is 5.83. The Hall–Kier alpha value is -3.55. The zero-order chi connectivity index (χ0) is 23.0. The van der Waals surface area contributed by atoms with Crippen molar-refractivity contribution in [1.29, 1.82) is 0 Å². The van der Waals surface area contributed by atoms with Gasteiger partial charge >= 0.3 is 5.97 Å². The van der Waals surface area contributed by atoms with E-state index in [1.807, 2.05) is 30.3 Å². The molecule has 3 aromatic carbocycles. The molecule has 0 spiro atoms. The predicted molar refractivity (Wildman–Crippen MR) is 132 cm³/mol. The number of nitrogens with zero attached hydrogens (tertiary/aromatic N) is 2. The first-order valence-corrected chi connectivity index (χ1v) is 11.2. The maximum absolute atomic E-state index is 11.1. The summed E-state index contributed by atoms with van der Waals surface area (Å²) in [6, 6.07) is 23.2. The van der Waals surface area contributed by atoms with E-state index in [9.17, 15) is 4.79 Å². The molecule has 4 N–H and O–H groups in total. The van der Waals surface area contributed by atoms with Gasteiger partial charge in [-0.05, 0) is 42.0 Å². The molecule has 7 heteroatoms. The summed E-state index contributed by atoms with van der Waals surface area (Å²) in [6.07, 6.45) is 0. The third kappa shape index (κ3) is 6.25. The topological polar surface area (TPSA) is 91.1 Å². The summed E-state index contributed by atoms with van der Waals surface area (Å²) >= 11 is 0. The van der Waals surface area contributed by atoms with Gasteiger partial charge in [-0.25, -0.2) is 4.79 Å². The normalized spacial score (nSPS) is 14.2. The molecule has 1 aliphatic rings. The molecule has 0 radical (unpaired) electrons. The lowest BCUT2D eigenvalue weighted by Gasteiger charge is -2.36. The maximum Gasteiger partial charge on any atom is 0.335 e. The van der Waals surface area contributed by atoms with E-state index < -0.39 is 5.97 Å². The number of rotatable bonds is 9. The van der Waals surface area contributed by atoms with E-state index in [0.717, 1.165) is 50.7 Å². The summed E-state index contributed by atoms with van der Waals surface area (Å²) in [5, 5.41) is 12.4. The van der Waals surface area contributed by atoms with Gasteiger partial charge in [0.2, 0.25) is 0 Å². The number of nitrogens with two attached hydrogens (primary N) is 1. The van der Waals surface area contributed by atoms with Crippen LogP contribution in [0.2, 0.25) is 0 Å². The van der Waals surface area contributed by atoms with Crippen LogP contribution in [0, 0.1) is 0 Å². The van der Waals surface area contributed by atoms with E-state index >= 15 is 0 Å². The number of hydrogen-bond donors (Lipinski definition) is 3. The van der Waals surface area contributed by atoms with Crippen molar-refractivity contribution in [3.8, 4) is 0 Å². The van der Waals surface area contributed by atoms with Crippen LogP contribution >= 0.6 is 0 Å². The summed E-state index contributed by atoms with van der Waals surface area (Å²) in [6.45, 7) is 6.23. The third-order valence-electron chi connectivity index (χ3n) is 5.82. The Morgan fingerprint density at radius 2 is 1.76 bits per heavy atom. The van der Waals surface area contributed by atoms with Crippen LogP contribution in [0.25, 0.3) is 0 Å². The molecule has 0 saturated carbocycles. The standard InChI is InChI=1S/C26H30N4O3/c27-24-17-21(26(31)32)9-10-25(24)28-22-7-4-8-23(18-22)30-13-11-29(12-14-30)15-16-33-19-20-5-2-1-3-6-20/h1-10,17-18,28H,11-16,19,27H2,(H,31,32). The number of hydrogen-bond acceptors (Lipinski definition) is 6. The van der Waals surface area contributed by atoms with Crippen LogP contribution in [0.3, 0.4) is 0 Å². The van der Waals surface area contributed by atoms with Crippen molar-refractivity contribution in [2.24, 2.45) is 0 Å². The van der Waals surface area contributed by atoms with Gasteiger partial charge in [-0.1, -0.05) is 36.4 Å². The van der Waals surface area contributed by atoms with Crippen LogP contribution in [-0.4, -0.2) is 55.3 Å². The molecule has 33 heavy (non-hydrogen) atoms. The molecule has 0 unspecified atom stereocenters. The van der Waals surface area contributed by atoms with Crippen LogP contribution in [0.15, 0.2) is 72.8 Å². The van der Waals surface area contributed by atoms with E-state index in [2.05, 4.69) is 39.4 Å². The van der Waals surface area contributed by atoms with Crippen LogP contribution < -0.4 is 16.0 Å². The first kappa shape index (κ1) is 22.6. The summed E-state index contributed by atoms with van der Waals surface area (Å²) in [7, 11) is 0. The molecule has 1 fully saturated rings. The Bertz CT molecular complexity index is 1070. The van der Waals surface area contributed by atoms with Crippen LogP contribution in [0.1, 0.15) is 15.9 Å². The van der Waals surface area contributed by atoms with Gasteiger partial charge < -0.3 is 25.8 Å². The number of piperazine rings is 1. The largest absolute Gasteiger partial charge is 0.478 e. The number of benzene rings is 3. The molecular formula is C26H30N4O3. The monoisotopic (exact) mass is 446 g/mol. The number of anilines is 4. The quantitative estimate of drug-likeness (QED) is 0.337. The Kier molecular flexibility index (Phi) is 7.44. The number of ether oxygens (including phenoxy) is 1. The number of nitrogens with one attached hydrogen (secondary N) is 1. The molecular weight excluding hydrogens is 416 g/mol. The van der Waals surface area contributed by atoms with E-state index in [4.69, 9.17) is 15.6 Å². The minimum absolute atomic E-state index is 0.176. The Labute approximate surface area is 194 Å². The first-order chi connectivity index (χ1) is 16.1. The van der Waals surface area contributed by atoms with Crippen molar-refractivity contribution < 1.29 is 14.6 Å². The van der Waals surface area contributed by atoms with E-state index in [1.54, 1.807) is 12.1 Å². The van der Waals surface area contributed by atoms with Gasteiger partial charge in [-0.3, -0.25) is 4.90 Å². The number of carboxylic acids is 1. The highest BCUT2D eigenvalue weighted by Crippen LogP contribution is 2.27. The fourth-order valence-electron chi connectivity index (χ4n) is 3.93. The van der Waals surface area contributed by atoms with Gasteiger partial charge in [0.25, 0.3) is 0 Å². The van der Waals surface area contributed by atoms with Crippen molar-refractivity contribution in [2.75, 3.05) is 55.3 Å². The second-order valence-corrected chi connectivity index (χ2v) is 8.15. The van der Waals surface area contributed by atoms with Gasteiger partial charge in [0.1, 0.15) is 0 Å². The van der Waals surface area contributed by atoms with Crippen molar-refractivity contribution >= 4 is 28.7 Å². The highest BCUT2D eigenvalue weighted by atomic mass is 16.5. The van der Waals surface area contributed by atoms with Crippen LogP contribution in [0.5, 0.6) is 0 Å². The predicted octanol–water partition coefficient (Wildman–Crippen LogP) is 4.05.